The minimum absolute atomic E-state index is 0.195. The Morgan fingerprint density at radius 3 is 2.85 bits per heavy atom. The van der Waals surface area contributed by atoms with Crippen molar-refractivity contribution in [3.05, 3.63) is 11.1 Å². The van der Waals surface area contributed by atoms with Gasteiger partial charge in [0.2, 0.25) is 0 Å². The topological polar surface area (TPSA) is 52.6 Å². The maximum absolute atomic E-state index is 11.3. The van der Waals surface area contributed by atoms with Crippen molar-refractivity contribution in [1.29, 1.82) is 0 Å². The molecule has 0 unspecified atom stereocenters. The fraction of sp³-hybridized carbons (Fsp3) is 0.556. The molecule has 1 saturated heterocycles. The summed E-state index contributed by atoms with van der Waals surface area (Å²) in [6, 6.07) is 0. The quantitative estimate of drug-likeness (QED) is 0.398. The van der Waals surface area contributed by atoms with Crippen LogP contribution >= 0.6 is 0 Å². The molecule has 13 heavy (non-hydrogen) atoms. The highest BCUT2D eigenvalue weighted by Gasteiger charge is 2.58. The van der Waals surface area contributed by atoms with Gasteiger partial charge in [-0.2, -0.15) is 0 Å². The second-order valence-corrected chi connectivity index (χ2v) is 3.84. The minimum atomic E-state index is -0.552. The molecule has 3 heterocycles. The molecule has 0 amide bonds. The SMILES string of the molecule is C[C@]12CC[C@H](O1)C1=C2C(=O)OC1=O. The van der Waals surface area contributed by atoms with Crippen LogP contribution in [0, 0.1) is 0 Å². The summed E-state index contributed by atoms with van der Waals surface area (Å²) >= 11 is 0. The molecular weight excluding hydrogens is 172 g/mol. The number of hydrogen-bond acceptors (Lipinski definition) is 4. The number of rotatable bonds is 0. The average molecular weight is 180 g/mol. The van der Waals surface area contributed by atoms with Crippen molar-refractivity contribution in [3.8, 4) is 0 Å². The predicted octanol–water partition coefficient (Wildman–Crippen LogP) is 0.318. The molecule has 2 bridgehead atoms. The molecule has 0 radical (unpaired) electrons. The number of fused-ring (bicyclic) bond motifs is 4. The summed E-state index contributed by atoms with van der Waals surface area (Å²) in [4.78, 5) is 22.5. The Morgan fingerprint density at radius 2 is 2.15 bits per heavy atom. The maximum Gasteiger partial charge on any atom is 0.345 e. The molecule has 68 valence electrons. The van der Waals surface area contributed by atoms with Crippen LogP contribution in [-0.4, -0.2) is 23.6 Å². The molecular formula is C9H8O4. The zero-order valence-electron chi connectivity index (χ0n) is 7.12. The summed E-state index contributed by atoms with van der Waals surface area (Å²) in [6.07, 6.45) is 1.43. The normalized spacial score (nSPS) is 41.5. The van der Waals surface area contributed by atoms with E-state index >= 15 is 0 Å². The van der Waals surface area contributed by atoms with E-state index in [4.69, 9.17) is 4.74 Å². The largest absolute Gasteiger partial charge is 0.386 e. The van der Waals surface area contributed by atoms with Crippen molar-refractivity contribution in [2.75, 3.05) is 0 Å². The first-order valence-electron chi connectivity index (χ1n) is 4.31. The summed E-state index contributed by atoms with van der Waals surface area (Å²) in [7, 11) is 0. The second kappa shape index (κ2) is 1.85. The van der Waals surface area contributed by atoms with E-state index < -0.39 is 17.5 Å². The van der Waals surface area contributed by atoms with Gasteiger partial charge < -0.3 is 9.47 Å². The molecule has 2 atom stereocenters. The molecule has 3 rings (SSSR count). The van der Waals surface area contributed by atoms with Crippen molar-refractivity contribution in [2.24, 2.45) is 0 Å². The van der Waals surface area contributed by atoms with Gasteiger partial charge in [-0.15, -0.1) is 0 Å². The van der Waals surface area contributed by atoms with Crippen molar-refractivity contribution in [2.45, 2.75) is 31.5 Å². The lowest BCUT2D eigenvalue weighted by Gasteiger charge is -2.19. The zero-order chi connectivity index (χ0) is 9.22. The van der Waals surface area contributed by atoms with Crippen molar-refractivity contribution >= 4 is 11.9 Å². The third-order valence-electron chi connectivity index (χ3n) is 3.02. The lowest BCUT2D eigenvalue weighted by Crippen LogP contribution is -2.27. The van der Waals surface area contributed by atoms with Crippen LogP contribution in [0.2, 0.25) is 0 Å². The van der Waals surface area contributed by atoms with Gasteiger partial charge in [0.05, 0.1) is 22.9 Å². The number of carbonyl (C=O) groups is 2. The van der Waals surface area contributed by atoms with Crippen LogP contribution in [0.25, 0.3) is 0 Å². The maximum atomic E-state index is 11.3. The third kappa shape index (κ3) is 0.659. The molecule has 0 aliphatic carbocycles. The standard InChI is InChI=1S/C9H8O4/c1-9-3-2-4(13-9)5-6(9)8(11)12-7(5)10/h4H,2-3H2,1H3/t4-,9+/m0/s1. The van der Waals surface area contributed by atoms with Crippen LogP contribution in [0.5, 0.6) is 0 Å². The van der Waals surface area contributed by atoms with E-state index in [1.165, 1.54) is 0 Å². The third-order valence-corrected chi connectivity index (χ3v) is 3.02. The van der Waals surface area contributed by atoms with E-state index in [-0.39, 0.29) is 6.10 Å². The van der Waals surface area contributed by atoms with Crippen LogP contribution in [0.4, 0.5) is 0 Å². The molecule has 4 nitrogen and oxygen atoms in total. The fourth-order valence-corrected chi connectivity index (χ4v) is 2.42. The van der Waals surface area contributed by atoms with Crippen LogP contribution < -0.4 is 0 Å². The Kier molecular flexibility index (Phi) is 1.03. The lowest BCUT2D eigenvalue weighted by molar-refractivity contribution is -0.153. The monoisotopic (exact) mass is 180 g/mol. The van der Waals surface area contributed by atoms with Crippen LogP contribution in [0.15, 0.2) is 11.1 Å². The second-order valence-electron chi connectivity index (χ2n) is 3.84. The van der Waals surface area contributed by atoms with E-state index in [9.17, 15) is 9.59 Å². The molecule has 0 saturated carbocycles. The first-order valence-corrected chi connectivity index (χ1v) is 4.31. The van der Waals surface area contributed by atoms with E-state index in [2.05, 4.69) is 4.74 Å². The number of ether oxygens (including phenoxy) is 2. The molecule has 0 aromatic heterocycles. The summed E-state index contributed by atoms with van der Waals surface area (Å²) in [5.41, 5.74) is 0.385. The molecule has 4 heteroatoms. The van der Waals surface area contributed by atoms with E-state index in [0.29, 0.717) is 11.1 Å². The van der Waals surface area contributed by atoms with Crippen LogP contribution in [0.1, 0.15) is 19.8 Å². The molecule has 0 aromatic carbocycles. The van der Waals surface area contributed by atoms with Crippen molar-refractivity contribution in [3.63, 3.8) is 0 Å². The summed E-state index contributed by atoms with van der Waals surface area (Å²) in [5, 5.41) is 0. The van der Waals surface area contributed by atoms with Gasteiger partial charge >= 0.3 is 11.9 Å². The van der Waals surface area contributed by atoms with E-state index in [1.54, 1.807) is 0 Å². The highest BCUT2D eigenvalue weighted by atomic mass is 16.6. The highest BCUT2D eigenvalue weighted by Crippen LogP contribution is 2.50. The van der Waals surface area contributed by atoms with Crippen molar-refractivity contribution in [1.82, 2.24) is 0 Å². The smallest absolute Gasteiger partial charge is 0.345 e. The Labute approximate surface area is 74.5 Å². The zero-order valence-corrected chi connectivity index (χ0v) is 7.12. The van der Waals surface area contributed by atoms with Gasteiger partial charge in [0.15, 0.2) is 0 Å². The van der Waals surface area contributed by atoms with Gasteiger partial charge in [0, 0.05) is 0 Å². The molecule has 3 aliphatic rings. The Hall–Kier alpha value is -1.16. The highest BCUT2D eigenvalue weighted by molar-refractivity contribution is 6.15. The molecule has 0 N–H and O–H groups in total. The molecule has 0 spiro atoms. The average Bonchev–Trinajstić information content (AvgIpc) is 2.62. The van der Waals surface area contributed by atoms with Gasteiger partial charge in [-0.1, -0.05) is 0 Å². The first kappa shape index (κ1) is 7.26. The van der Waals surface area contributed by atoms with Gasteiger partial charge in [-0.3, -0.25) is 0 Å². The molecule has 1 fully saturated rings. The van der Waals surface area contributed by atoms with Crippen LogP contribution in [0.3, 0.4) is 0 Å². The number of carbonyl (C=O) groups excluding carboxylic acids is 2. The Balaban J connectivity index is 2.22. The molecule has 3 aliphatic heterocycles. The Bertz CT molecular complexity index is 368. The van der Waals surface area contributed by atoms with Gasteiger partial charge in [0.25, 0.3) is 0 Å². The summed E-state index contributed by atoms with van der Waals surface area (Å²) < 4.78 is 10.1. The van der Waals surface area contributed by atoms with E-state index in [1.807, 2.05) is 6.92 Å². The van der Waals surface area contributed by atoms with Crippen molar-refractivity contribution < 1.29 is 19.1 Å². The summed E-state index contributed by atoms with van der Waals surface area (Å²) in [6.45, 7) is 1.84. The van der Waals surface area contributed by atoms with E-state index in [0.717, 1.165) is 12.8 Å². The summed E-state index contributed by atoms with van der Waals surface area (Å²) in [5.74, 6) is -1.02. The fourth-order valence-electron chi connectivity index (χ4n) is 2.42. The Morgan fingerprint density at radius 1 is 1.38 bits per heavy atom. The number of hydrogen-bond donors (Lipinski definition) is 0. The van der Waals surface area contributed by atoms with Gasteiger partial charge in [-0.05, 0) is 19.8 Å². The van der Waals surface area contributed by atoms with Gasteiger partial charge in [-0.25, -0.2) is 9.59 Å². The number of cyclic esters (lactones) is 2. The van der Waals surface area contributed by atoms with Gasteiger partial charge in [0.1, 0.15) is 0 Å². The predicted molar refractivity (Wildman–Crippen MR) is 40.6 cm³/mol. The van der Waals surface area contributed by atoms with Crippen LogP contribution in [-0.2, 0) is 19.1 Å². The number of esters is 2. The molecule has 0 aromatic rings. The minimum Gasteiger partial charge on any atom is -0.386 e. The lowest BCUT2D eigenvalue weighted by atomic mass is 9.84. The first-order chi connectivity index (χ1) is 6.12.